The highest BCUT2D eigenvalue weighted by atomic mass is 16.5. The van der Waals surface area contributed by atoms with Crippen LogP contribution in [0, 0.1) is 0 Å². The number of carbonyl (C=O) groups is 1. The lowest BCUT2D eigenvalue weighted by Gasteiger charge is -2.10. The van der Waals surface area contributed by atoms with Crippen molar-refractivity contribution in [3.8, 4) is 17.4 Å². The Morgan fingerprint density at radius 1 is 0.781 bits per heavy atom. The SMILES string of the molecule is O=C(Nc1ccc(Oc2ccc(-n3cccn3)nn2)cc1)Nc1ccc2ccccc2c1. The maximum Gasteiger partial charge on any atom is 0.323 e. The third-order valence-electron chi connectivity index (χ3n) is 4.71. The Morgan fingerprint density at radius 2 is 1.56 bits per heavy atom. The van der Waals surface area contributed by atoms with Crippen LogP contribution in [0.3, 0.4) is 0 Å². The number of amides is 2. The second kappa shape index (κ2) is 8.57. The molecule has 3 aromatic carbocycles. The van der Waals surface area contributed by atoms with E-state index in [1.54, 1.807) is 53.5 Å². The van der Waals surface area contributed by atoms with E-state index in [1.807, 2.05) is 48.5 Å². The van der Waals surface area contributed by atoms with Crippen LogP contribution in [0.15, 0.2) is 97.3 Å². The van der Waals surface area contributed by atoms with E-state index in [2.05, 4.69) is 25.9 Å². The van der Waals surface area contributed by atoms with Gasteiger partial charge in [-0.1, -0.05) is 30.3 Å². The van der Waals surface area contributed by atoms with E-state index in [9.17, 15) is 4.79 Å². The standard InChI is InChI=1S/C24H18N6O2/c31-24(27-20-7-6-17-4-1-2-5-18(17)16-20)26-19-8-10-21(11-9-19)32-23-13-12-22(28-29-23)30-15-3-14-25-30/h1-16H,(H2,26,27,31). The molecule has 8 nitrogen and oxygen atoms in total. The molecular formula is C24H18N6O2. The lowest BCUT2D eigenvalue weighted by molar-refractivity contribution is 0.262. The maximum atomic E-state index is 12.3. The van der Waals surface area contributed by atoms with Crippen LogP contribution in [0.1, 0.15) is 0 Å². The molecule has 0 aliphatic heterocycles. The zero-order valence-electron chi connectivity index (χ0n) is 16.8. The lowest BCUT2D eigenvalue weighted by Crippen LogP contribution is -2.19. The highest BCUT2D eigenvalue weighted by Crippen LogP contribution is 2.22. The van der Waals surface area contributed by atoms with Gasteiger partial charge in [-0.15, -0.1) is 10.2 Å². The van der Waals surface area contributed by atoms with Crippen LogP contribution in [0.5, 0.6) is 11.6 Å². The molecule has 0 aliphatic rings. The van der Waals surface area contributed by atoms with Crippen LogP contribution in [-0.4, -0.2) is 26.0 Å². The summed E-state index contributed by atoms with van der Waals surface area (Å²) < 4.78 is 7.33. The van der Waals surface area contributed by atoms with Gasteiger partial charge in [0.15, 0.2) is 5.82 Å². The summed E-state index contributed by atoms with van der Waals surface area (Å²) in [5, 5.41) is 20.1. The van der Waals surface area contributed by atoms with Crippen molar-refractivity contribution in [1.29, 1.82) is 0 Å². The second-order valence-electron chi connectivity index (χ2n) is 6.95. The van der Waals surface area contributed by atoms with Crippen LogP contribution in [0.2, 0.25) is 0 Å². The number of rotatable bonds is 5. The number of ether oxygens (including phenoxy) is 1. The summed E-state index contributed by atoms with van der Waals surface area (Å²) in [5.41, 5.74) is 1.36. The largest absolute Gasteiger partial charge is 0.438 e. The molecule has 0 saturated heterocycles. The second-order valence-corrected chi connectivity index (χ2v) is 6.95. The first-order valence-corrected chi connectivity index (χ1v) is 9.91. The predicted molar refractivity (Wildman–Crippen MR) is 122 cm³/mol. The predicted octanol–water partition coefficient (Wildman–Crippen LogP) is 5.25. The number of hydrogen-bond acceptors (Lipinski definition) is 5. The lowest BCUT2D eigenvalue weighted by atomic mass is 10.1. The summed E-state index contributed by atoms with van der Waals surface area (Å²) in [6.07, 6.45) is 3.45. The molecule has 0 spiro atoms. The van der Waals surface area contributed by atoms with Gasteiger partial charge in [0.1, 0.15) is 5.75 Å². The highest BCUT2D eigenvalue weighted by molar-refractivity contribution is 6.01. The molecular weight excluding hydrogens is 404 g/mol. The number of benzene rings is 3. The van der Waals surface area contributed by atoms with Gasteiger partial charge in [0.2, 0.25) is 5.88 Å². The van der Waals surface area contributed by atoms with Crippen molar-refractivity contribution < 1.29 is 9.53 Å². The molecule has 5 rings (SSSR count). The number of fused-ring (bicyclic) bond motifs is 1. The number of aromatic nitrogens is 4. The molecule has 156 valence electrons. The number of urea groups is 1. The Hall–Kier alpha value is -4.72. The van der Waals surface area contributed by atoms with Gasteiger partial charge < -0.3 is 15.4 Å². The van der Waals surface area contributed by atoms with E-state index in [1.165, 1.54) is 0 Å². The molecule has 2 amide bonds. The summed E-state index contributed by atoms with van der Waals surface area (Å²) in [4.78, 5) is 12.3. The van der Waals surface area contributed by atoms with Gasteiger partial charge in [-0.05, 0) is 59.3 Å². The van der Waals surface area contributed by atoms with E-state index in [-0.39, 0.29) is 6.03 Å². The monoisotopic (exact) mass is 422 g/mol. The molecule has 5 aromatic rings. The van der Waals surface area contributed by atoms with Gasteiger partial charge in [-0.25, -0.2) is 9.48 Å². The third-order valence-corrected chi connectivity index (χ3v) is 4.71. The van der Waals surface area contributed by atoms with Gasteiger partial charge in [0.25, 0.3) is 0 Å². The topological polar surface area (TPSA) is 94.0 Å². The smallest absolute Gasteiger partial charge is 0.323 e. The molecule has 0 radical (unpaired) electrons. The first-order valence-electron chi connectivity index (χ1n) is 9.91. The summed E-state index contributed by atoms with van der Waals surface area (Å²) in [7, 11) is 0. The van der Waals surface area contributed by atoms with E-state index >= 15 is 0 Å². The summed E-state index contributed by atoms with van der Waals surface area (Å²) >= 11 is 0. The average Bonchev–Trinajstić information content (AvgIpc) is 3.36. The van der Waals surface area contributed by atoms with Crippen molar-refractivity contribution in [2.75, 3.05) is 10.6 Å². The Bertz CT molecular complexity index is 1350. The Kier molecular flexibility index (Phi) is 5.15. The number of hydrogen-bond donors (Lipinski definition) is 2. The van der Waals surface area contributed by atoms with Crippen LogP contribution in [0.4, 0.5) is 16.2 Å². The molecule has 8 heteroatoms. The van der Waals surface area contributed by atoms with Gasteiger partial charge in [-0.2, -0.15) is 5.10 Å². The number of carbonyl (C=O) groups excluding carboxylic acids is 1. The van der Waals surface area contributed by atoms with Crippen molar-refractivity contribution in [2.24, 2.45) is 0 Å². The minimum Gasteiger partial charge on any atom is -0.438 e. The first-order chi connectivity index (χ1) is 15.7. The van der Waals surface area contributed by atoms with Crippen LogP contribution >= 0.6 is 0 Å². The Morgan fingerprint density at radius 3 is 2.31 bits per heavy atom. The van der Waals surface area contributed by atoms with Crippen LogP contribution < -0.4 is 15.4 Å². The fraction of sp³-hybridized carbons (Fsp3) is 0. The number of nitrogens with zero attached hydrogens (tertiary/aromatic N) is 4. The molecule has 0 aliphatic carbocycles. The Balaban J connectivity index is 1.19. The van der Waals surface area contributed by atoms with Gasteiger partial charge in [0, 0.05) is 29.8 Å². The van der Waals surface area contributed by atoms with Crippen molar-refractivity contribution in [2.45, 2.75) is 0 Å². The van der Waals surface area contributed by atoms with Crippen LogP contribution in [-0.2, 0) is 0 Å². The summed E-state index contributed by atoms with van der Waals surface area (Å²) in [6, 6.07) is 25.7. The average molecular weight is 422 g/mol. The highest BCUT2D eigenvalue weighted by Gasteiger charge is 2.06. The third kappa shape index (κ3) is 4.39. The zero-order chi connectivity index (χ0) is 21.8. The molecule has 2 heterocycles. The molecule has 0 bridgehead atoms. The maximum absolute atomic E-state index is 12.3. The van der Waals surface area contributed by atoms with E-state index < -0.39 is 0 Å². The quantitative estimate of drug-likeness (QED) is 0.403. The minimum atomic E-state index is -0.325. The molecule has 0 saturated carbocycles. The van der Waals surface area contributed by atoms with Gasteiger partial charge in [0.05, 0.1) is 0 Å². The van der Waals surface area contributed by atoms with Crippen molar-refractivity contribution in [3.05, 3.63) is 97.3 Å². The summed E-state index contributed by atoms with van der Waals surface area (Å²) in [6.45, 7) is 0. The molecule has 0 fully saturated rings. The molecule has 2 aromatic heterocycles. The first kappa shape index (κ1) is 19.3. The van der Waals surface area contributed by atoms with Gasteiger partial charge in [-0.3, -0.25) is 0 Å². The minimum absolute atomic E-state index is 0.325. The van der Waals surface area contributed by atoms with Crippen molar-refractivity contribution >= 4 is 28.2 Å². The molecule has 0 unspecified atom stereocenters. The molecule has 32 heavy (non-hydrogen) atoms. The van der Waals surface area contributed by atoms with Crippen molar-refractivity contribution in [3.63, 3.8) is 0 Å². The zero-order valence-corrected chi connectivity index (χ0v) is 16.8. The fourth-order valence-corrected chi connectivity index (χ4v) is 3.18. The Labute approximate surface area is 183 Å². The van der Waals surface area contributed by atoms with E-state index in [0.29, 0.717) is 23.1 Å². The van der Waals surface area contributed by atoms with E-state index in [4.69, 9.17) is 4.74 Å². The normalized spacial score (nSPS) is 10.6. The van der Waals surface area contributed by atoms with Gasteiger partial charge >= 0.3 is 6.03 Å². The summed E-state index contributed by atoms with van der Waals surface area (Å²) in [5.74, 6) is 1.53. The number of anilines is 2. The van der Waals surface area contributed by atoms with E-state index in [0.717, 1.165) is 16.5 Å². The number of nitrogens with one attached hydrogen (secondary N) is 2. The molecule has 2 N–H and O–H groups in total. The fourth-order valence-electron chi connectivity index (χ4n) is 3.18. The van der Waals surface area contributed by atoms with Crippen molar-refractivity contribution in [1.82, 2.24) is 20.0 Å². The van der Waals surface area contributed by atoms with Crippen LogP contribution in [0.25, 0.3) is 16.6 Å². The molecule has 0 atom stereocenters.